The van der Waals surface area contributed by atoms with Crippen LogP contribution in [0.3, 0.4) is 0 Å². The lowest BCUT2D eigenvalue weighted by Gasteiger charge is -2.16. The molecule has 0 unspecified atom stereocenters. The van der Waals surface area contributed by atoms with Crippen LogP contribution in [0.1, 0.15) is 24.3 Å². The van der Waals surface area contributed by atoms with Crippen molar-refractivity contribution in [2.24, 2.45) is 5.92 Å². The second-order valence-corrected chi connectivity index (χ2v) is 6.16. The molecule has 132 valence electrons. The number of carbonyl (C=O) groups is 2. The number of carboxylic acids is 1. The number of carboxylic acid groups (broad SMARTS) is 1. The zero-order valence-electron chi connectivity index (χ0n) is 13.6. The number of hydrogen-bond acceptors (Lipinski definition) is 4. The number of halogens is 1. The van der Waals surface area contributed by atoms with Gasteiger partial charge < -0.3 is 10.0 Å². The van der Waals surface area contributed by atoms with E-state index in [4.69, 9.17) is 0 Å². The van der Waals surface area contributed by atoms with E-state index in [-0.39, 0.29) is 24.2 Å². The maximum Gasteiger partial charge on any atom is 0.308 e. The zero-order chi connectivity index (χ0) is 17.8. The summed E-state index contributed by atoms with van der Waals surface area (Å²) in [6, 6.07) is 5.82. The van der Waals surface area contributed by atoms with Gasteiger partial charge in [-0.05, 0) is 24.1 Å². The quantitative estimate of drug-likeness (QED) is 0.857. The maximum absolute atomic E-state index is 13.1. The Morgan fingerprint density at radius 2 is 2.00 bits per heavy atom. The highest BCUT2D eigenvalue weighted by Gasteiger charge is 2.40. The summed E-state index contributed by atoms with van der Waals surface area (Å²) in [7, 11) is 0. The van der Waals surface area contributed by atoms with Gasteiger partial charge >= 0.3 is 5.97 Å². The number of carbonyl (C=O) groups excluding carboxylic acids is 1. The highest BCUT2D eigenvalue weighted by Crippen LogP contribution is 2.33. The first kappa shape index (κ1) is 17.1. The lowest BCUT2D eigenvalue weighted by atomic mass is 9.89. The lowest BCUT2D eigenvalue weighted by molar-refractivity contribution is -0.141. The molecule has 0 aliphatic carbocycles. The summed E-state index contributed by atoms with van der Waals surface area (Å²) < 4.78 is 14.7. The third-order valence-electron chi connectivity index (χ3n) is 4.53. The van der Waals surface area contributed by atoms with Crippen LogP contribution in [0, 0.1) is 11.7 Å². The predicted molar refractivity (Wildman–Crippen MR) is 86.1 cm³/mol. The Morgan fingerprint density at radius 1 is 1.24 bits per heavy atom. The topological polar surface area (TPSA) is 88.3 Å². The van der Waals surface area contributed by atoms with E-state index in [1.54, 1.807) is 28.0 Å². The van der Waals surface area contributed by atoms with Crippen LogP contribution in [0.2, 0.25) is 0 Å². The van der Waals surface area contributed by atoms with Gasteiger partial charge in [-0.3, -0.25) is 14.3 Å². The van der Waals surface area contributed by atoms with Crippen LogP contribution < -0.4 is 0 Å². The van der Waals surface area contributed by atoms with Gasteiger partial charge in [-0.2, -0.15) is 5.10 Å². The Hall–Kier alpha value is -2.77. The van der Waals surface area contributed by atoms with Crippen molar-refractivity contribution in [3.8, 4) is 0 Å². The van der Waals surface area contributed by atoms with Gasteiger partial charge in [-0.1, -0.05) is 12.1 Å². The molecule has 2 atom stereocenters. The van der Waals surface area contributed by atoms with Crippen molar-refractivity contribution in [3.63, 3.8) is 0 Å². The monoisotopic (exact) mass is 346 g/mol. The number of rotatable bonds is 6. The summed E-state index contributed by atoms with van der Waals surface area (Å²) in [6.45, 7) is 1.10. The molecule has 1 aliphatic heterocycles. The highest BCUT2D eigenvalue weighted by molar-refractivity contribution is 5.79. The lowest BCUT2D eigenvalue weighted by Crippen LogP contribution is -2.29. The molecule has 1 amide bonds. The Balaban J connectivity index is 1.61. The number of benzene rings is 1. The summed E-state index contributed by atoms with van der Waals surface area (Å²) in [4.78, 5) is 29.4. The third kappa shape index (κ3) is 4.01. The molecule has 2 heterocycles. The van der Waals surface area contributed by atoms with Gasteiger partial charge in [0, 0.05) is 32.0 Å². The van der Waals surface area contributed by atoms with Crippen molar-refractivity contribution in [2.45, 2.75) is 25.3 Å². The first-order valence-corrected chi connectivity index (χ1v) is 8.13. The van der Waals surface area contributed by atoms with E-state index in [2.05, 4.69) is 10.1 Å². The van der Waals surface area contributed by atoms with E-state index < -0.39 is 11.9 Å². The summed E-state index contributed by atoms with van der Waals surface area (Å²) >= 11 is 0. The van der Waals surface area contributed by atoms with E-state index in [1.165, 1.54) is 18.5 Å². The number of likely N-dealkylation sites (tertiary alicyclic amines) is 1. The van der Waals surface area contributed by atoms with Crippen LogP contribution in [-0.4, -0.2) is 49.7 Å². The van der Waals surface area contributed by atoms with Crippen LogP contribution in [-0.2, 0) is 16.1 Å². The van der Waals surface area contributed by atoms with Crippen LogP contribution in [0.15, 0.2) is 36.9 Å². The molecule has 0 radical (unpaired) electrons. The van der Waals surface area contributed by atoms with Crippen molar-refractivity contribution in [3.05, 3.63) is 48.3 Å². The van der Waals surface area contributed by atoms with Crippen molar-refractivity contribution in [1.82, 2.24) is 19.7 Å². The molecule has 3 rings (SSSR count). The van der Waals surface area contributed by atoms with E-state index in [0.29, 0.717) is 25.9 Å². The number of aromatic nitrogens is 3. The summed E-state index contributed by atoms with van der Waals surface area (Å²) in [5.41, 5.74) is 0.742. The number of amides is 1. The molecular weight excluding hydrogens is 327 g/mol. The summed E-state index contributed by atoms with van der Waals surface area (Å²) in [5, 5.41) is 13.4. The second-order valence-electron chi connectivity index (χ2n) is 6.16. The van der Waals surface area contributed by atoms with Crippen molar-refractivity contribution < 1.29 is 19.1 Å². The maximum atomic E-state index is 13.1. The van der Waals surface area contributed by atoms with Crippen molar-refractivity contribution in [1.29, 1.82) is 0 Å². The van der Waals surface area contributed by atoms with Crippen LogP contribution >= 0.6 is 0 Å². The normalized spacial score (nSPS) is 20.0. The molecule has 1 N–H and O–H groups in total. The SMILES string of the molecule is O=C(O)[C@@H]1CN(C(=O)CCCn2cncn2)C[C@H]1c1ccc(F)cc1. The molecule has 25 heavy (non-hydrogen) atoms. The van der Waals surface area contributed by atoms with Gasteiger partial charge in [-0.25, -0.2) is 9.37 Å². The first-order valence-electron chi connectivity index (χ1n) is 8.13. The van der Waals surface area contributed by atoms with Gasteiger partial charge in [0.15, 0.2) is 0 Å². The highest BCUT2D eigenvalue weighted by atomic mass is 19.1. The molecule has 1 fully saturated rings. The standard InChI is InChI=1S/C17H19FN4O3/c18-13-5-3-12(4-6-13)14-8-21(9-15(14)17(24)25)16(23)2-1-7-22-11-19-10-20-22/h3-6,10-11,14-15H,1-2,7-9H2,(H,24,25)/t14-,15+/m0/s1. The minimum Gasteiger partial charge on any atom is -0.481 e. The van der Waals surface area contributed by atoms with Crippen molar-refractivity contribution >= 4 is 11.9 Å². The molecule has 1 aromatic heterocycles. The van der Waals surface area contributed by atoms with E-state index in [0.717, 1.165) is 5.56 Å². The van der Waals surface area contributed by atoms with E-state index >= 15 is 0 Å². The number of hydrogen-bond donors (Lipinski definition) is 1. The van der Waals surface area contributed by atoms with Gasteiger partial charge in [0.25, 0.3) is 0 Å². The Morgan fingerprint density at radius 3 is 2.64 bits per heavy atom. The number of aliphatic carboxylic acids is 1. The summed E-state index contributed by atoms with van der Waals surface area (Å²) in [6.07, 6.45) is 3.96. The largest absolute Gasteiger partial charge is 0.481 e. The molecule has 1 aromatic carbocycles. The fraction of sp³-hybridized carbons (Fsp3) is 0.412. The zero-order valence-corrected chi connectivity index (χ0v) is 13.6. The molecular formula is C17H19FN4O3. The fourth-order valence-electron chi connectivity index (χ4n) is 3.20. The molecule has 7 nitrogen and oxygen atoms in total. The molecule has 1 saturated heterocycles. The minimum atomic E-state index is -0.938. The van der Waals surface area contributed by atoms with Gasteiger partial charge in [0.1, 0.15) is 18.5 Å². The smallest absolute Gasteiger partial charge is 0.308 e. The van der Waals surface area contributed by atoms with E-state index in [9.17, 15) is 19.1 Å². The molecule has 8 heteroatoms. The molecule has 0 bridgehead atoms. The van der Waals surface area contributed by atoms with Crippen LogP contribution in [0.25, 0.3) is 0 Å². The second kappa shape index (κ2) is 7.42. The average Bonchev–Trinajstić information content (AvgIpc) is 3.25. The van der Waals surface area contributed by atoms with Crippen LogP contribution in [0.5, 0.6) is 0 Å². The van der Waals surface area contributed by atoms with Crippen molar-refractivity contribution in [2.75, 3.05) is 13.1 Å². The van der Waals surface area contributed by atoms with Crippen LogP contribution in [0.4, 0.5) is 4.39 Å². The summed E-state index contributed by atoms with van der Waals surface area (Å²) in [5.74, 6) is -2.38. The average molecular weight is 346 g/mol. The molecule has 0 saturated carbocycles. The number of nitrogens with zero attached hydrogens (tertiary/aromatic N) is 4. The fourth-order valence-corrected chi connectivity index (χ4v) is 3.20. The van der Waals surface area contributed by atoms with Gasteiger partial charge in [0.05, 0.1) is 5.92 Å². The Bertz CT molecular complexity index is 733. The molecule has 1 aliphatic rings. The minimum absolute atomic E-state index is 0.0732. The number of aryl methyl sites for hydroxylation is 1. The van der Waals surface area contributed by atoms with Gasteiger partial charge in [0.2, 0.25) is 5.91 Å². The first-order chi connectivity index (χ1) is 12.0. The van der Waals surface area contributed by atoms with Gasteiger partial charge in [-0.15, -0.1) is 0 Å². The molecule has 2 aromatic rings. The third-order valence-corrected chi connectivity index (χ3v) is 4.53. The predicted octanol–water partition coefficient (Wildman–Crippen LogP) is 1.52. The molecule has 0 spiro atoms. The Kier molecular flexibility index (Phi) is 5.06. The van der Waals surface area contributed by atoms with E-state index in [1.807, 2.05) is 0 Å². The Labute approximate surface area is 144 Å².